The van der Waals surface area contributed by atoms with Crippen molar-refractivity contribution in [3.05, 3.63) is 70.8 Å². The SMILES string of the molecule is CCc1[nH]n(-c2ccccn2)c(=O)c1-c1ccccc1. The highest BCUT2D eigenvalue weighted by molar-refractivity contribution is 5.65. The van der Waals surface area contributed by atoms with E-state index in [0.717, 1.165) is 23.2 Å². The summed E-state index contributed by atoms with van der Waals surface area (Å²) in [6, 6.07) is 15.2. The van der Waals surface area contributed by atoms with Crippen molar-refractivity contribution >= 4 is 0 Å². The monoisotopic (exact) mass is 265 g/mol. The third kappa shape index (κ3) is 2.05. The van der Waals surface area contributed by atoms with Crippen LogP contribution >= 0.6 is 0 Å². The lowest BCUT2D eigenvalue weighted by molar-refractivity contribution is 0.794. The van der Waals surface area contributed by atoms with Gasteiger partial charge < -0.3 is 0 Å². The van der Waals surface area contributed by atoms with Crippen LogP contribution in [0, 0.1) is 0 Å². The van der Waals surface area contributed by atoms with Gasteiger partial charge in [0, 0.05) is 11.9 Å². The second kappa shape index (κ2) is 5.17. The van der Waals surface area contributed by atoms with E-state index in [-0.39, 0.29) is 5.56 Å². The highest BCUT2D eigenvalue weighted by Crippen LogP contribution is 2.19. The molecule has 0 amide bonds. The molecular weight excluding hydrogens is 250 g/mol. The van der Waals surface area contributed by atoms with Gasteiger partial charge in [-0.2, -0.15) is 0 Å². The van der Waals surface area contributed by atoms with Crippen molar-refractivity contribution in [2.45, 2.75) is 13.3 Å². The second-order valence-electron chi connectivity index (χ2n) is 4.51. The molecule has 1 N–H and O–H groups in total. The molecule has 1 aromatic carbocycles. The molecule has 0 aliphatic heterocycles. The van der Waals surface area contributed by atoms with Gasteiger partial charge in [-0.3, -0.25) is 9.89 Å². The number of pyridine rings is 1. The van der Waals surface area contributed by atoms with Crippen molar-refractivity contribution in [3.8, 4) is 16.9 Å². The Labute approximate surface area is 116 Å². The Kier molecular flexibility index (Phi) is 3.21. The van der Waals surface area contributed by atoms with Gasteiger partial charge in [-0.05, 0) is 24.1 Å². The van der Waals surface area contributed by atoms with Crippen LogP contribution in [0.4, 0.5) is 0 Å². The van der Waals surface area contributed by atoms with Crippen LogP contribution in [0.2, 0.25) is 0 Å². The lowest BCUT2D eigenvalue weighted by Gasteiger charge is -1.98. The normalized spacial score (nSPS) is 10.7. The minimum absolute atomic E-state index is 0.0632. The number of hydrogen-bond donors (Lipinski definition) is 1. The van der Waals surface area contributed by atoms with Gasteiger partial charge in [0.2, 0.25) is 0 Å². The average Bonchev–Trinajstić information content (AvgIpc) is 2.86. The summed E-state index contributed by atoms with van der Waals surface area (Å²) in [4.78, 5) is 16.9. The van der Waals surface area contributed by atoms with Gasteiger partial charge >= 0.3 is 0 Å². The van der Waals surface area contributed by atoms with Gasteiger partial charge in [0.1, 0.15) is 0 Å². The summed E-state index contributed by atoms with van der Waals surface area (Å²) in [5, 5.41) is 3.16. The van der Waals surface area contributed by atoms with Gasteiger partial charge in [0.15, 0.2) is 5.82 Å². The van der Waals surface area contributed by atoms with Crippen molar-refractivity contribution in [1.29, 1.82) is 0 Å². The minimum Gasteiger partial charge on any atom is -0.293 e. The first-order valence-electron chi connectivity index (χ1n) is 6.62. The van der Waals surface area contributed by atoms with Crippen LogP contribution < -0.4 is 5.56 Å². The Morgan fingerprint density at radius 3 is 2.50 bits per heavy atom. The molecule has 0 radical (unpaired) electrons. The summed E-state index contributed by atoms with van der Waals surface area (Å²) in [5.74, 6) is 0.606. The second-order valence-corrected chi connectivity index (χ2v) is 4.51. The van der Waals surface area contributed by atoms with E-state index in [1.54, 1.807) is 6.20 Å². The van der Waals surface area contributed by atoms with Crippen molar-refractivity contribution in [3.63, 3.8) is 0 Å². The molecule has 100 valence electrons. The van der Waals surface area contributed by atoms with Crippen molar-refractivity contribution in [2.24, 2.45) is 0 Å². The van der Waals surface area contributed by atoms with Crippen LogP contribution in [0.1, 0.15) is 12.6 Å². The number of aryl methyl sites for hydroxylation is 1. The number of benzene rings is 1. The number of hydrogen-bond acceptors (Lipinski definition) is 2. The highest BCUT2D eigenvalue weighted by atomic mass is 16.1. The molecule has 4 nitrogen and oxygen atoms in total. The first-order valence-corrected chi connectivity index (χ1v) is 6.62. The van der Waals surface area contributed by atoms with Gasteiger partial charge in [-0.25, -0.2) is 9.67 Å². The number of H-pyrrole nitrogens is 1. The van der Waals surface area contributed by atoms with Crippen molar-refractivity contribution in [1.82, 2.24) is 14.8 Å². The molecule has 20 heavy (non-hydrogen) atoms. The molecule has 0 unspecified atom stereocenters. The first kappa shape index (κ1) is 12.4. The molecular formula is C16H15N3O. The Morgan fingerprint density at radius 1 is 1.10 bits per heavy atom. The molecule has 3 rings (SSSR count). The number of nitrogens with zero attached hydrogens (tertiary/aromatic N) is 2. The van der Waals surface area contributed by atoms with Crippen LogP contribution in [0.15, 0.2) is 59.5 Å². The third-order valence-corrected chi connectivity index (χ3v) is 3.26. The fourth-order valence-electron chi connectivity index (χ4n) is 2.29. The molecule has 0 fully saturated rings. The summed E-state index contributed by atoms with van der Waals surface area (Å²) in [5.41, 5.74) is 2.51. The molecule has 2 heterocycles. The predicted molar refractivity (Wildman–Crippen MR) is 79.0 cm³/mol. The van der Waals surface area contributed by atoms with Crippen molar-refractivity contribution in [2.75, 3.05) is 0 Å². The van der Waals surface area contributed by atoms with Gasteiger partial charge in [-0.1, -0.05) is 43.3 Å². The molecule has 0 saturated carbocycles. The summed E-state index contributed by atoms with van der Waals surface area (Å²) in [6.45, 7) is 2.03. The minimum atomic E-state index is -0.0632. The van der Waals surface area contributed by atoms with Crippen LogP contribution in [-0.4, -0.2) is 14.8 Å². The molecule has 0 aliphatic carbocycles. The van der Waals surface area contributed by atoms with E-state index in [0.29, 0.717) is 5.82 Å². The average molecular weight is 265 g/mol. The Morgan fingerprint density at radius 2 is 1.85 bits per heavy atom. The van der Waals surface area contributed by atoms with Crippen molar-refractivity contribution < 1.29 is 0 Å². The van der Waals surface area contributed by atoms with E-state index in [1.807, 2.05) is 55.5 Å². The molecule has 0 atom stereocenters. The summed E-state index contributed by atoms with van der Waals surface area (Å²) >= 11 is 0. The maximum atomic E-state index is 12.6. The van der Waals surface area contributed by atoms with Crippen LogP contribution in [0.25, 0.3) is 16.9 Å². The van der Waals surface area contributed by atoms with Gasteiger partial charge in [0.25, 0.3) is 5.56 Å². The van der Waals surface area contributed by atoms with Gasteiger partial charge in [-0.15, -0.1) is 0 Å². The Balaban J connectivity index is 2.22. The zero-order valence-electron chi connectivity index (χ0n) is 11.2. The fraction of sp³-hybridized carbons (Fsp3) is 0.125. The molecule has 0 saturated heterocycles. The van der Waals surface area contributed by atoms with Gasteiger partial charge in [0.05, 0.1) is 5.56 Å². The maximum absolute atomic E-state index is 12.6. The molecule has 2 aromatic heterocycles. The molecule has 3 aromatic rings. The van der Waals surface area contributed by atoms with Crippen LogP contribution in [-0.2, 0) is 6.42 Å². The predicted octanol–water partition coefficient (Wildman–Crippen LogP) is 2.79. The molecule has 0 spiro atoms. The topological polar surface area (TPSA) is 50.7 Å². The summed E-state index contributed by atoms with van der Waals surface area (Å²) < 4.78 is 1.50. The lowest BCUT2D eigenvalue weighted by atomic mass is 10.1. The molecule has 0 aliphatic rings. The van der Waals surface area contributed by atoms with Crippen LogP contribution in [0.5, 0.6) is 0 Å². The smallest absolute Gasteiger partial charge is 0.280 e. The molecule has 4 heteroatoms. The zero-order valence-corrected chi connectivity index (χ0v) is 11.2. The summed E-state index contributed by atoms with van der Waals surface area (Å²) in [7, 11) is 0. The maximum Gasteiger partial charge on any atom is 0.280 e. The van der Waals surface area contributed by atoms with E-state index in [4.69, 9.17) is 0 Å². The van der Waals surface area contributed by atoms with E-state index in [2.05, 4.69) is 10.1 Å². The summed E-state index contributed by atoms with van der Waals surface area (Å²) in [6.07, 6.45) is 2.44. The van der Waals surface area contributed by atoms with E-state index < -0.39 is 0 Å². The number of aromatic nitrogens is 3. The Hall–Kier alpha value is -2.62. The highest BCUT2D eigenvalue weighted by Gasteiger charge is 2.15. The van der Waals surface area contributed by atoms with Crippen LogP contribution in [0.3, 0.4) is 0 Å². The third-order valence-electron chi connectivity index (χ3n) is 3.26. The van der Waals surface area contributed by atoms with E-state index >= 15 is 0 Å². The lowest BCUT2D eigenvalue weighted by Crippen LogP contribution is -2.16. The number of aromatic amines is 1. The largest absolute Gasteiger partial charge is 0.293 e. The first-order chi connectivity index (χ1) is 9.81. The zero-order chi connectivity index (χ0) is 13.9. The number of nitrogens with one attached hydrogen (secondary N) is 1. The van der Waals surface area contributed by atoms with E-state index in [1.165, 1.54) is 4.68 Å². The Bertz CT molecular complexity index is 757. The number of rotatable bonds is 3. The molecule has 0 bridgehead atoms. The van der Waals surface area contributed by atoms with E-state index in [9.17, 15) is 4.79 Å². The quantitative estimate of drug-likeness (QED) is 0.791. The fourth-order valence-corrected chi connectivity index (χ4v) is 2.29. The standard InChI is InChI=1S/C16H15N3O/c1-2-13-15(12-8-4-3-5-9-12)16(20)19(18-13)14-10-6-7-11-17-14/h3-11,18H,2H2,1H3.